The SMILES string of the molecule is CCC1(CO)CCN(C(=O)NCc2ccnc(N3CCCC3)c2)CC1. The van der Waals surface area contributed by atoms with Crippen LogP contribution in [0.25, 0.3) is 0 Å². The number of carbonyl (C=O) groups excluding carboxylic acids is 1. The van der Waals surface area contributed by atoms with E-state index in [2.05, 4.69) is 28.2 Å². The largest absolute Gasteiger partial charge is 0.396 e. The molecule has 0 atom stereocenters. The summed E-state index contributed by atoms with van der Waals surface area (Å²) in [5.41, 5.74) is 1.09. The van der Waals surface area contributed by atoms with E-state index in [0.29, 0.717) is 6.54 Å². The Morgan fingerprint density at radius 1 is 1.28 bits per heavy atom. The second kappa shape index (κ2) is 8.04. The highest BCUT2D eigenvalue weighted by molar-refractivity contribution is 5.74. The molecule has 2 saturated heterocycles. The molecule has 2 amide bonds. The van der Waals surface area contributed by atoms with E-state index in [9.17, 15) is 9.90 Å². The Labute approximate surface area is 150 Å². The zero-order valence-electron chi connectivity index (χ0n) is 15.2. The number of nitrogens with zero attached hydrogens (tertiary/aromatic N) is 3. The molecule has 2 N–H and O–H groups in total. The second-order valence-corrected chi connectivity index (χ2v) is 7.37. The number of rotatable bonds is 5. The lowest BCUT2D eigenvalue weighted by molar-refractivity contribution is 0.0519. The quantitative estimate of drug-likeness (QED) is 0.859. The minimum Gasteiger partial charge on any atom is -0.396 e. The van der Waals surface area contributed by atoms with Crippen LogP contribution in [0.3, 0.4) is 0 Å². The van der Waals surface area contributed by atoms with E-state index < -0.39 is 0 Å². The molecule has 0 spiro atoms. The van der Waals surface area contributed by atoms with E-state index >= 15 is 0 Å². The average molecular weight is 346 g/mol. The Morgan fingerprint density at radius 2 is 2.00 bits per heavy atom. The molecule has 6 nitrogen and oxygen atoms in total. The monoisotopic (exact) mass is 346 g/mol. The normalized spacial score (nSPS) is 19.9. The molecule has 1 aromatic rings. The molecule has 0 unspecified atom stereocenters. The van der Waals surface area contributed by atoms with Gasteiger partial charge in [-0.2, -0.15) is 0 Å². The summed E-state index contributed by atoms with van der Waals surface area (Å²) in [7, 11) is 0. The topological polar surface area (TPSA) is 68.7 Å². The van der Waals surface area contributed by atoms with Gasteiger partial charge in [-0.3, -0.25) is 0 Å². The third kappa shape index (κ3) is 4.24. The lowest BCUT2D eigenvalue weighted by Crippen LogP contribution is -2.48. The minimum atomic E-state index is -0.0119. The molecule has 1 aromatic heterocycles. The number of urea groups is 1. The van der Waals surface area contributed by atoms with Gasteiger partial charge < -0.3 is 20.2 Å². The Hall–Kier alpha value is -1.82. The maximum absolute atomic E-state index is 12.4. The van der Waals surface area contributed by atoms with Crippen LogP contribution in [0.5, 0.6) is 0 Å². The van der Waals surface area contributed by atoms with E-state index in [1.54, 1.807) is 0 Å². The van der Waals surface area contributed by atoms with Gasteiger partial charge in [-0.05, 0) is 55.2 Å². The molecule has 0 saturated carbocycles. The van der Waals surface area contributed by atoms with Crippen LogP contribution in [-0.4, -0.2) is 53.8 Å². The Kier molecular flexibility index (Phi) is 5.78. The maximum Gasteiger partial charge on any atom is 0.317 e. The predicted molar refractivity (Wildman–Crippen MR) is 98.5 cm³/mol. The second-order valence-electron chi connectivity index (χ2n) is 7.37. The molecule has 0 radical (unpaired) electrons. The fourth-order valence-corrected chi connectivity index (χ4v) is 3.79. The van der Waals surface area contributed by atoms with Crippen LogP contribution >= 0.6 is 0 Å². The van der Waals surface area contributed by atoms with E-state index in [1.807, 2.05) is 17.2 Å². The van der Waals surface area contributed by atoms with Crippen molar-refractivity contribution < 1.29 is 9.90 Å². The van der Waals surface area contributed by atoms with Crippen molar-refractivity contribution in [2.45, 2.75) is 45.6 Å². The number of likely N-dealkylation sites (tertiary alicyclic amines) is 1. The number of hydrogen-bond donors (Lipinski definition) is 2. The fraction of sp³-hybridized carbons (Fsp3) is 0.684. The average Bonchev–Trinajstić information content (AvgIpc) is 3.21. The van der Waals surface area contributed by atoms with Crippen molar-refractivity contribution in [3.05, 3.63) is 23.9 Å². The van der Waals surface area contributed by atoms with Gasteiger partial charge in [0, 0.05) is 45.5 Å². The first kappa shape index (κ1) is 18.0. The highest BCUT2D eigenvalue weighted by Gasteiger charge is 2.33. The molecule has 25 heavy (non-hydrogen) atoms. The van der Waals surface area contributed by atoms with E-state index in [0.717, 1.165) is 56.8 Å². The summed E-state index contributed by atoms with van der Waals surface area (Å²) in [6.07, 6.45) is 7.00. The first-order valence-electron chi connectivity index (χ1n) is 9.49. The van der Waals surface area contributed by atoms with Crippen molar-refractivity contribution in [1.29, 1.82) is 0 Å². The first-order chi connectivity index (χ1) is 12.2. The predicted octanol–water partition coefficient (Wildman–Crippen LogP) is 2.38. The summed E-state index contributed by atoms with van der Waals surface area (Å²) < 4.78 is 0. The van der Waals surface area contributed by atoms with Crippen molar-refractivity contribution in [2.24, 2.45) is 5.41 Å². The lowest BCUT2D eigenvalue weighted by Gasteiger charge is -2.40. The van der Waals surface area contributed by atoms with Gasteiger partial charge in [-0.1, -0.05) is 6.92 Å². The number of piperidine rings is 1. The van der Waals surface area contributed by atoms with E-state index in [1.165, 1.54) is 12.8 Å². The van der Waals surface area contributed by atoms with Crippen LogP contribution in [0.2, 0.25) is 0 Å². The Morgan fingerprint density at radius 3 is 2.64 bits per heavy atom. The summed E-state index contributed by atoms with van der Waals surface area (Å²) in [6.45, 7) is 6.44. The van der Waals surface area contributed by atoms with E-state index in [-0.39, 0.29) is 18.1 Å². The van der Waals surface area contributed by atoms with Crippen molar-refractivity contribution in [3.8, 4) is 0 Å². The number of amides is 2. The first-order valence-corrected chi connectivity index (χ1v) is 9.49. The molecule has 2 aliphatic heterocycles. The molecule has 3 heterocycles. The van der Waals surface area contributed by atoms with Gasteiger partial charge in [0.25, 0.3) is 0 Å². The summed E-state index contributed by atoms with van der Waals surface area (Å²) in [6, 6.07) is 4.03. The van der Waals surface area contributed by atoms with Crippen LogP contribution in [0, 0.1) is 5.41 Å². The Balaban J connectivity index is 1.50. The highest BCUT2D eigenvalue weighted by Crippen LogP contribution is 2.34. The number of anilines is 1. The van der Waals surface area contributed by atoms with Crippen LogP contribution in [-0.2, 0) is 6.54 Å². The molecule has 3 rings (SSSR count). The molecule has 0 aliphatic carbocycles. The third-order valence-corrected chi connectivity index (χ3v) is 5.88. The highest BCUT2D eigenvalue weighted by atomic mass is 16.3. The summed E-state index contributed by atoms with van der Waals surface area (Å²) >= 11 is 0. The van der Waals surface area contributed by atoms with Gasteiger partial charge in [0.15, 0.2) is 0 Å². The summed E-state index contributed by atoms with van der Waals surface area (Å²) in [5, 5.41) is 12.6. The zero-order valence-corrected chi connectivity index (χ0v) is 15.2. The number of pyridine rings is 1. The van der Waals surface area contributed by atoms with Crippen molar-refractivity contribution in [1.82, 2.24) is 15.2 Å². The van der Waals surface area contributed by atoms with Crippen LogP contribution in [0.4, 0.5) is 10.6 Å². The molecule has 6 heteroatoms. The lowest BCUT2D eigenvalue weighted by atomic mass is 9.77. The van der Waals surface area contributed by atoms with Gasteiger partial charge >= 0.3 is 6.03 Å². The Bertz CT molecular complexity index is 573. The third-order valence-electron chi connectivity index (χ3n) is 5.88. The van der Waals surface area contributed by atoms with Crippen LogP contribution in [0.1, 0.15) is 44.6 Å². The molecule has 2 fully saturated rings. The molecule has 138 valence electrons. The van der Waals surface area contributed by atoms with E-state index in [4.69, 9.17) is 0 Å². The van der Waals surface area contributed by atoms with Gasteiger partial charge in [0.1, 0.15) is 5.82 Å². The summed E-state index contributed by atoms with van der Waals surface area (Å²) in [4.78, 5) is 21.0. The molecule has 0 aromatic carbocycles. The van der Waals surface area contributed by atoms with Gasteiger partial charge in [-0.15, -0.1) is 0 Å². The van der Waals surface area contributed by atoms with Gasteiger partial charge in [-0.25, -0.2) is 9.78 Å². The molecular weight excluding hydrogens is 316 g/mol. The van der Waals surface area contributed by atoms with Gasteiger partial charge in [0.05, 0.1) is 0 Å². The van der Waals surface area contributed by atoms with Crippen molar-refractivity contribution in [3.63, 3.8) is 0 Å². The molecular formula is C19H30N4O2. The zero-order chi connectivity index (χ0) is 17.7. The minimum absolute atomic E-state index is 0.00646. The van der Waals surface area contributed by atoms with Crippen molar-refractivity contribution >= 4 is 11.8 Å². The number of carbonyl (C=O) groups is 1. The number of hydrogen-bond acceptors (Lipinski definition) is 4. The van der Waals surface area contributed by atoms with Crippen LogP contribution in [0.15, 0.2) is 18.3 Å². The van der Waals surface area contributed by atoms with Crippen molar-refractivity contribution in [2.75, 3.05) is 37.7 Å². The number of aliphatic hydroxyl groups is 1. The maximum atomic E-state index is 12.4. The number of aliphatic hydroxyl groups excluding tert-OH is 1. The number of nitrogens with one attached hydrogen (secondary N) is 1. The van der Waals surface area contributed by atoms with Crippen LogP contribution < -0.4 is 10.2 Å². The number of aromatic nitrogens is 1. The fourth-order valence-electron chi connectivity index (χ4n) is 3.79. The van der Waals surface area contributed by atoms with Gasteiger partial charge in [0.2, 0.25) is 0 Å². The standard InChI is InChI=1S/C19H30N4O2/c1-2-19(15-24)6-11-23(12-7-19)18(25)21-14-16-5-8-20-17(13-16)22-9-3-4-10-22/h5,8,13,24H,2-4,6-7,9-12,14-15H2,1H3,(H,21,25). The molecule has 2 aliphatic rings. The molecule has 0 bridgehead atoms. The smallest absolute Gasteiger partial charge is 0.317 e. The summed E-state index contributed by atoms with van der Waals surface area (Å²) in [5.74, 6) is 1.01.